The maximum atomic E-state index is 13.4. The third-order valence-corrected chi connectivity index (χ3v) is 4.84. The Morgan fingerprint density at radius 3 is 2.50 bits per heavy atom. The van der Waals surface area contributed by atoms with Crippen LogP contribution in [0.4, 0.5) is 4.39 Å². The van der Waals surface area contributed by atoms with E-state index in [1.165, 1.54) is 11.6 Å². The number of halogens is 3. The Balaban J connectivity index is 2.20. The second kappa shape index (κ2) is 7.34. The molecular formula is C16H15Br2FO. The maximum absolute atomic E-state index is 13.4. The zero-order valence-corrected chi connectivity index (χ0v) is 14.2. The average molecular weight is 402 g/mol. The van der Waals surface area contributed by atoms with Gasteiger partial charge in [-0.1, -0.05) is 56.1 Å². The first-order valence-electron chi connectivity index (χ1n) is 6.28. The van der Waals surface area contributed by atoms with E-state index in [2.05, 4.69) is 56.1 Å². The second-order valence-corrected chi connectivity index (χ2v) is 6.28. The molecule has 0 N–H and O–H groups in total. The molecule has 0 spiro atoms. The average Bonchev–Trinajstić information content (AvgIpc) is 2.47. The lowest BCUT2D eigenvalue weighted by Gasteiger charge is -2.13. The van der Waals surface area contributed by atoms with Crippen LogP contribution in [-0.4, -0.2) is 13.7 Å². The Hall–Kier alpha value is -0.710. The fourth-order valence-corrected chi connectivity index (χ4v) is 3.43. The number of hydrogen-bond donors (Lipinski definition) is 0. The normalized spacial score (nSPS) is 12.4. The van der Waals surface area contributed by atoms with Crippen molar-refractivity contribution in [2.75, 3.05) is 13.7 Å². The minimum atomic E-state index is -0.232. The number of rotatable bonds is 5. The molecule has 0 aliphatic carbocycles. The Morgan fingerprint density at radius 2 is 1.85 bits per heavy atom. The second-order valence-electron chi connectivity index (χ2n) is 4.51. The van der Waals surface area contributed by atoms with Gasteiger partial charge in [0.15, 0.2) is 0 Å². The summed E-state index contributed by atoms with van der Waals surface area (Å²) in [6.07, 6.45) is 0.896. The van der Waals surface area contributed by atoms with E-state index in [9.17, 15) is 4.39 Å². The number of ether oxygens (including phenoxy) is 1. The third kappa shape index (κ3) is 3.90. The highest BCUT2D eigenvalue weighted by Crippen LogP contribution is 2.35. The van der Waals surface area contributed by atoms with E-state index in [0.29, 0.717) is 6.61 Å². The molecule has 0 aliphatic rings. The van der Waals surface area contributed by atoms with Crippen LogP contribution in [0.2, 0.25) is 0 Å². The standard InChI is InChI=1S/C16H15Br2FO/c1-20-9-8-11-2-4-12(5-3-11)16(18)14-10-13(19)6-7-15(14)17/h2-7,10,16H,8-9H2,1H3. The van der Waals surface area contributed by atoms with Crippen molar-refractivity contribution in [3.05, 3.63) is 69.4 Å². The summed E-state index contributed by atoms with van der Waals surface area (Å²) in [5, 5.41) is 0. The summed E-state index contributed by atoms with van der Waals surface area (Å²) in [6, 6.07) is 13.0. The first-order valence-corrected chi connectivity index (χ1v) is 7.99. The molecule has 4 heteroatoms. The van der Waals surface area contributed by atoms with E-state index in [1.807, 2.05) is 0 Å². The van der Waals surface area contributed by atoms with E-state index in [0.717, 1.165) is 22.0 Å². The molecular weight excluding hydrogens is 387 g/mol. The molecule has 0 radical (unpaired) electrons. The predicted molar refractivity (Wildman–Crippen MR) is 86.9 cm³/mol. The van der Waals surface area contributed by atoms with Gasteiger partial charge in [0.2, 0.25) is 0 Å². The minimum absolute atomic E-state index is 0.0379. The topological polar surface area (TPSA) is 9.23 Å². The smallest absolute Gasteiger partial charge is 0.123 e. The molecule has 106 valence electrons. The van der Waals surface area contributed by atoms with E-state index in [-0.39, 0.29) is 10.6 Å². The van der Waals surface area contributed by atoms with E-state index >= 15 is 0 Å². The van der Waals surface area contributed by atoms with Gasteiger partial charge in [0.1, 0.15) is 5.82 Å². The summed E-state index contributed by atoms with van der Waals surface area (Å²) in [6.45, 7) is 0.715. The lowest BCUT2D eigenvalue weighted by Crippen LogP contribution is -1.97. The Morgan fingerprint density at radius 1 is 1.15 bits per heavy atom. The van der Waals surface area contributed by atoms with Gasteiger partial charge in [0.05, 0.1) is 11.4 Å². The Labute approximate surface area is 135 Å². The van der Waals surface area contributed by atoms with Crippen LogP contribution < -0.4 is 0 Å². The van der Waals surface area contributed by atoms with Crippen LogP contribution in [0.5, 0.6) is 0 Å². The van der Waals surface area contributed by atoms with Gasteiger partial charge in [-0.2, -0.15) is 0 Å². The molecule has 0 aromatic heterocycles. The van der Waals surface area contributed by atoms with E-state index in [4.69, 9.17) is 4.74 Å². The summed E-state index contributed by atoms with van der Waals surface area (Å²) in [5.41, 5.74) is 3.21. The highest BCUT2D eigenvalue weighted by molar-refractivity contribution is 9.11. The third-order valence-electron chi connectivity index (χ3n) is 3.10. The molecule has 20 heavy (non-hydrogen) atoms. The van der Waals surface area contributed by atoms with Crippen LogP contribution in [0.1, 0.15) is 21.5 Å². The fourth-order valence-electron chi connectivity index (χ4n) is 1.96. The Bertz CT molecular complexity index is 569. The van der Waals surface area contributed by atoms with Crippen LogP contribution in [0.15, 0.2) is 46.9 Å². The summed E-state index contributed by atoms with van der Waals surface area (Å²) in [4.78, 5) is -0.0379. The molecule has 2 aromatic rings. The predicted octanol–water partition coefficient (Wildman–Crippen LogP) is 5.26. The van der Waals surface area contributed by atoms with Crippen molar-refractivity contribution >= 4 is 31.9 Å². The highest BCUT2D eigenvalue weighted by Gasteiger charge is 2.14. The first-order chi connectivity index (χ1) is 9.61. The quantitative estimate of drug-likeness (QED) is 0.620. The lowest BCUT2D eigenvalue weighted by atomic mass is 10.0. The molecule has 1 unspecified atom stereocenters. The van der Waals surface area contributed by atoms with E-state index in [1.54, 1.807) is 19.2 Å². The zero-order chi connectivity index (χ0) is 14.5. The molecule has 0 aliphatic heterocycles. The van der Waals surface area contributed by atoms with Crippen molar-refractivity contribution < 1.29 is 9.13 Å². The maximum Gasteiger partial charge on any atom is 0.123 e. The molecule has 2 aromatic carbocycles. The van der Waals surface area contributed by atoms with Gasteiger partial charge in [-0.25, -0.2) is 4.39 Å². The molecule has 0 fully saturated rings. The van der Waals surface area contributed by atoms with Gasteiger partial charge in [0.25, 0.3) is 0 Å². The van der Waals surface area contributed by atoms with Crippen LogP contribution in [-0.2, 0) is 11.2 Å². The molecule has 2 rings (SSSR count). The SMILES string of the molecule is COCCc1ccc(C(Br)c2cc(F)ccc2Br)cc1. The van der Waals surface area contributed by atoms with Gasteiger partial charge in [0, 0.05) is 11.6 Å². The van der Waals surface area contributed by atoms with Gasteiger partial charge < -0.3 is 4.74 Å². The zero-order valence-electron chi connectivity index (χ0n) is 11.1. The first kappa shape index (κ1) is 15.7. The molecule has 0 amide bonds. The molecule has 0 saturated heterocycles. The largest absolute Gasteiger partial charge is 0.384 e. The van der Waals surface area contributed by atoms with Crippen molar-refractivity contribution in [2.24, 2.45) is 0 Å². The monoisotopic (exact) mass is 400 g/mol. The van der Waals surface area contributed by atoms with Crippen LogP contribution in [0.3, 0.4) is 0 Å². The van der Waals surface area contributed by atoms with Gasteiger partial charge in [-0.15, -0.1) is 0 Å². The molecule has 0 bridgehead atoms. The fraction of sp³-hybridized carbons (Fsp3) is 0.250. The van der Waals surface area contributed by atoms with Crippen molar-refractivity contribution in [1.82, 2.24) is 0 Å². The van der Waals surface area contributed by atoms with Crippen molar-refractivity contribution in [1.29, 1.82) is 0 Å². The number of methoxy groups -OCH3 is 1. The summed E-state index contributed by atoms with van der Waals surface area (Å²) >= 11 is 7.10. The lowest BCUT2D eigenvalue weighted by molar-refractivity contribution is 0.202. The van der Waals surface area contributed by atoms with Crippen molar-refractivity contribution in [3.63, 3.8) is 0 Å². The minimum Gasteiger partial charge on any atom is -0.384 e. The van der Waals surface area contributed by atoms with E-state index < -0.39 is 0 Å². The number of alkyl halides is 1. The van der Waals surface area contributed by atoms with Gasteiger partial charge in [-0.3, -0.25) is 0 Å². The molecule has 0 heterocycles. The number of benzene rings is 2. The van der Waals surface area contributed by atoms with Crippen molar-refractivity contribution in [2.45, 2.75) is 11.2 Å². The summed E-state index contributed by atoms with van der Waals surface area (Å²) in [5.74, 6) is -0.232. The van der Waals surface area contributed by atoms with Crippen LogP contribution in [0.25, 0.3) is 0 Å². The highest BCUT2D eigenvalue weighted by atomic mass is 79.9. The molecule has 1 atom stereocenters. The van der Waals surface area contributed by atoms with Crippen LogP contribution >= 0.6 is 31.9 Å². The Kier molecular flexibility index (Phi) is 5.75. The van der Waals surface area contributed by atoms with Gasteiger partial charge >= 0.3 is 0 Å². The molecule has 0 saturated carbocycles. The molecule has 1 nitrogen and oxygen atoms in total. The summed E-state index contributed by atoms with van der Waals surface area (Å²) < 4.78 is 19.3. The summed E-state index contributed by atoms with van der Waals surface area (Å²) in [7, 11) is 1.70. The number of hydrogen-bond acceptors (Lipinski definition) is 1. The van der Waals surface area contributed by atoms with Gasteiger partial charge in [-0.05, 0) is 41.3 Å². The van der Waals surface area contributed by atoms with Crippen molar-refractivity contribution in [3.8, 4) is 0 Å². The van der Waals surface area contributed by atoms with Crippen LogP contribution in [0, 0.1) is 5.82 Å².